The van der Waals surface area contributed by atoms with E-state index in [1.54, 1.807) is 6.07 Å². The molecule has 0 fully saturated rings. The Hall–Kier alpha value is -6.03. The molecule has 9 rings (SSSR count). The second-order valence-electron chi connectivity index (χ2n) is 17.3. The number of nitrogens with zero attached hydrogens (tertiary/aromatic N) is 2. The minimum atomic E-state index is -0.0465. The average Bonchev–Trinajstić information content (AvgIpc) is 3.85. The van der Waals surface area contributed by atoms with Crippen molar-refractivity contribution in [3.63, 3.8) is 0 Å². The summed E-state index contributed by atoms with van der Waals surface area (Å²) in [6, 6.07) is 50.7. The van der Waals surface area contributed by atoms with Crippen LogP contribution >= 0.6 is 0 Å². The molecule has 0 atom stereocenters. The van der Waals surface area contributed by atoms with Gasteiger partial charge in [0.05, 0.1) is 5.69 Å². The van der Waals surface area contributed by atoms with Crippen molar-refractivity contribution in [1.29, 1.82) is 0 Å². The van der Waals surface area contributed by atoms with Crippen molar-refractivity contribution in [3.8, 4) is 73.3 Å². The molecule has 0 saturated heterocycles. The molecular formula is C53H45N2O3Pt-. The van der Waals surface area contributed by atoms with Crippen LogP contribution in [0.2, 0.25) is 0 Å². The Balaban J connectivity index is 0.00000484. The smallest absolute Gasteiger partial charge is 0.136 e. The van der Waals surface area contributed by atoms with Gasteiger partial charge in [0.2, 0.25) is 0 Å². The van der Waals surface area contributed by atoms with Gasteiger partial charge in [0.1, 0.15) is 28.4 Å². The summed E-state index contributed by atoms with van der Waals surface area (Å²) in [6.07, 6.45) is 0. The average molecular weight is 953 g/mol. The summed E-state index contributed by atoms with van der Waals surface area (Å²) in [4.78, 5) is 10.1. The normalized spacial score (nSPS) is 11.9. The third kappa shape index (κ3) is 7.92. The van der Waals surface area contributed by atoms with Crippen molar-refractivity contribution >= 4 is 21.9 Å². The van der Waals surface area contributed by atoms with Crippen molar-refractivity contribution in [1.82, 2.24) is 9.97 Å². The van der Waals surface area contributed by atoms with Gasteiger partial charge in [-0.1, -0.05) is 119 Å². The number of hydrogen-bond donors (Lipinski definition) is 1. The van der Waals surface area contributed by atoms with Crippen LogP contribution in [0, 0.1) is 13.0 Å². The third-order valence-corrected chi connectivity index (χ3v) is 10.9. The summed E-state index contributed by atoms with van der Waals surface area (Å²) < 4.78 is 12.6. The van der Waals surface area contributed by atoms with Gasteiger partial charge in [0.15, 0.2) is 0 Å². The number of fused-ring (bicyclic) bond motifs is 3. The van der Waals surface area contributed by atoms with Gasteiger partial charge < -0.3 is 13.9 Å². The summed E-state index contributed by atoms with van der Waals surface area (Å²) in [5, 5.41) is 13.2. The van der Waals surface area contributed by atoms with Crippen LogP contribution in [0.3, 0.4) is 0 Å². The third-order valence-electron chi connectivity index (χ3n) is 10.9. The van der Waals surface area contributed by atoms with Crippen LogP contribution in [0.5, 0.6) is 5.75 Å². The maximum absolute atomic E-state index is 11.0. The van der Waals surface area contributed by atoms with Gasteiger partial charge in [-0.05, 0) is 94.6 Å². The standard InChI is InChI=1S/C53H45N2O3.Pt/c1-32-23-38(49-22-21-48(57-49)35-19-20-42-41-15-9-11-18-50(41)58-51(42)30-35)29-44(54-32)33-13-12-14-34(24-33)45-27-37(28-46(55-45)43-16-8-10-17-47(43)56)36-25-39(52(2,3)4)31-40(26-36)53(5,6)7;/h8-23,25-31,56H,1-7H3;/q-1;. The number of phenolic OH excluding ortho intramolecular Hbond substituents is 1. The van der Waals surface area contributed by atoms with Crippen molar-refractivity contribution in [2.45, 2.75) is 59.3 Å². The number of aromatic hydroxyl groups is 1. The molecule has 296 valence electrons. The molecule has 0 aliphatic carbocycles. The molecule has 0 aliphatic rings. The summed E-state index contributed by atoms with van der Waals surface area (Å²) >= 11 is 0. The fourth-order valence-electron chi connectivity index (χ4n) is 7.57. The number of benzene rings is 5. The second kappa shape index (κ2) is 15.3. The van der Waals surface area contributed by atoms with Crippen LogP contribution in [-0.2, 0) is 31.9 Å². The molecule has 4 heterocycles. The summed E-state index contributed by atoms with van der Waals surface area (Å²) in [5.41, 5.74) is 13.5. The molecule has 0 spiro atoms. The Morgan fingerprint density at radius 1 is 0.492 bits per heavy atom. The first-order valence-corrected chi connectivity index (χ1v) is 19.8. The van der Waals surface area contributed by atoms with E-state index in [1.165, 1.54) is 11.1 Å². The number of para-hydroxylation sites is 2. The van der Waals surface area contributed by atoms with Gasteiger partial charge in [-0.2, -0.15) is 0 Å². The van der Waals surface area contributed by atoms with Crippen LogP contribution in [0.15, 0.2) is 148 Å². The maximum atomic E-state index is 11.0. The molecule has 4 aromatic heterocycles. The molecule has 1 N–H and O–H groups in total. The number of aryl methyl sites for hydroxylation is 1. The molecule has 5 nitrogen and oxygen atoms in total. The zero-order valence-corrected chi connectivity index (χ0v) is 36.5. The summed E-state index contributed by atoms with van der Waals surface area (Å²) in [7, 11) is 0. The van der Waals surface area contributed by atoms with E-state index >= 15 is 0 Å². The van der Waals surface area contributed by atoms with Gasteiger partial charge in [0.25, 0.3) is 0 Å². The van der Waals surface area contributed by atoms with E-state index in [4.69, 9.17) is 18.8 Å². The molecule has 9 aromatic rings. The fourth-order valence-corrected chi connectivity index (χ4v) is 7.57. The van der Waals surface area contributed by atoms with Gasteiger partial charge >= 0.3 is 0 Å². The SMILES string of the molecule is Cc1cc(-c2ccc(-c3ccc4c(c3)oc3ccccc34)o2)cc(-c2[c-]c(-c3cc(-c4cc(C(C)(C)C)cc(C(C)(C)C)c4)cc(-c4ccccc4O)n3)ccc2)n1.[Pt]. The van der Waals surface area contributed by atoms with Crippen molar-refractivity contribution < 1.29 is 35.0 Å². The Labute approximate surface area is 360 Å². The fraction of sp³-hybridized carbons (Fsp3) is 0.170. The molecule has 0 unspecified atom stereocenters. The molecule has 0 bridgehead atoms. The first-order valence-electron chi connectivity index (χ1n) is 19.8. The van der Waals surface area contributed by atoms with Crippen molar-refractivity contribution in [2.75, 3.05) is 0 Å². The molecule has 0 radical (unpaired) electrons. The predicted octanol–water partition coefficient (Wildman–Crippen LogP) is 14.4. The van der Waals surface area contributed by atoms with Crippen molar-refractivity contribution in [2.24, 2.45) is 0 Å². The zero-order chi connectivity index (χ0) is 40.3. The first-order chi connectivity index (χ1) is 27.8. The minimum Gasteiger partial charge on any atom is -0.507 e. The zero-order valence-electron chi connectivity index (χ0n) is 34.3. The van der Waals surface area contributed by atoms with E-state index in [9.17, 15) is 5.11 Å². The monoisotopic (exact) mass is 952 g/mol. The van der Waals surface area contributed by atoms with Gasteiger partial charge in [-0.3, -0.25) is 9.97 Å². The Bertz CT molecular complexity index is 2980. The Morgan fingerprint density at radius 3 is 1.80 bits per heavy atom. The maximum Gasteiger partial charge on any atom is 0.136 e. The molecular weight excluding hydrogens is 908 g/mol. The van der Waals surface area contributed by atoms with E-state index in [0.717, 1.165) is 83.9 Å². The van der Waals surface area contributed by atoms with Gasteiger partial charge in [-0.25, -0.2) is 0 Å². The first kappa shape index (κ1) is 39.8. The molecule has 0 amide bonds. The molecule has 0 aliphatic heterocycles. The Kier molecular flexibility index (Phi) is 10.3. The molecule has 0 saturated carbocycles. The van der Waals surface area contributed by atoms with Gasteiger partial charge in [0, 0.05) is 65.6 Å². The molecule has 6 heteroatoms. The number of hydrogen-bond acceptors (Lipinski definition) is 5. The van der Waals surface area contributed by atoms with E-state index in [-0.39, 0.29) is 37.6 Å². The van der Waals surface area contributed by atoms with Crippen LogP contribution in [0.4, 0.5) is 0 Å². The van der Waals surface area contributed by atoms with Crippen LogP contribution in [0.1, 0.15) is 58.4 Å². The minimum absolute atomic E-state index is 0. The summed E-state index contributed by atoms with van der Waals surface area (Å²) in [5.74, 6) is 1.69. The van der Waals surface area contributed by atoms with Crippen LogP contribution < -0.4 is 0 Å². The van der Waals surface area contributed by atoms with E-state index in [2.05, 4.69) is 102 Å². The number of furan rings is 2. The van der Waals surface area contributed by atoms with Crippen LogP contribution in [-0.4, -0.2) is 15.1 Å². The van der Waals surface area contributed by atoms with Gasteiger partial charge in [-0.15, -0.1) is 24.3 Å². The number of phenols is 1. The topological polar surface area (TPSA) is 72.3 Å². The van der Waals surface area contributed by atoms with E-state index in [0.29, 0.717) is 11.3 Å². The number of rotatable bonds is 6. The second-order valence-corrected chi connectivity index (χ2v) is 17.3. The number of pyridine rings is 2. The Morgan fingerprint density at radius 2 is 1.08 bits per heavy atom. The molecule has 59 heavy (non-hydrogen) atoms. The summed E-state index contributed by atoms with van der Waals surface area (Å²) in [6.45, 7) is 15.5. The van der Waals surface area contributed by atoms with Crippen LogP contribution in [0.25, 0.3) is 89.5 Å². The van der Waals surface area contributed by atoms with E-state index < -0.39 is 0 Å². The largest absolute Gasteiger partial charge is 0.507 e. The number of aromatic nitrogens is 2. The molecule has 5 aromatic carbocycles. The van der Waals surface area contributed by atoms with Crippen molar-refractivity contribution in [3.05, 3.63) is 162 Å². The predicted molar refractivity (Wildman–Crippen MR) is 237 cm³/mol. The quantitative estimate of drug-likeness (QED) is 0.168. The van der Waals surface area contributed by atoms with E-state index in [1.807, 2.05) is 85.8 Å².